The van der Waals surface area contributed by atoms with Gasteiger partial charge in [0.25, 0.3) is 0 Å². The van der Waals surface area contributed by atoms with Gasteiger partial charge in [-0.2, -0.15) is 5.26 Å². The average Bonchev–Trinajstić information content (AvgIpc) is 2.83. The van der Waals surface area contributed by atoms with Gasteiger partial charge in [-0.15, -0.1) is 0 Å². The summed E-state index contributed by atoms with van der Waals surface area (Å²) in [5, 5.41) is 8.86. The van der Waals surface area contributed by atoms with Crippen molar-refractivity contribution in [2.45, 2.75) is 19.5 Å². The van der Waals surface area contributed by atoms with Gasteiger partial charge in [0, 0.05) is 31.7 Å². The van der Waals surface area contributed by atoms with E-state index in [1.165, 1.54) is 11.6 Å². The van der Waals surface area contributed by atoms with Crippen LogP contribution in [0.4, 0.5) is 4.39 Å². The molecule has 0 unspecified atom stereocenters. The molecule has 0 amide bonds. The molecule has 0 saturated carbocycles. The van der Waals surface area contributed by atoms with Crippen molar-refractivity contribution < 1.29 is 4.39 Å². The van der Waals surface area contributed by atoms with Gasteiger partial charge in [0.1, 0.15) is 5.82 Å². The minimum atomic E-state index is -0.115. The van der Waals surface area contributed by atoms with Gasteiger partial charge in [0.15, 0.2) is 0 Å². The molecule has 0 radical (unpaired) electrons. The van der Waals surface area contributed by atoms with Crippen molar-refractivity contribution in [1.82, 2.24) is 9.80 Å². The van der Waals surface area contributed by atoms with E-state index < -0.39 is 0 Å². The molecule has 0 atom stereocenters. The first-order chi connectivity index (χ1) is 11.7. The Morgan fingerprint density at radius 1 is 0.875 bits per heavy atom. The molecule has 1 heterocycles. The summed E-state index contributed by atoms with van der Waals surface area (Å²) < 4.78 is 13.8. The highest BCUT2D eigenvalue weighted by Gasteiger charge is 2.16. The minimum absolute atomic E-state index is 0.115. The zero-order valence-electron chi connectivity index (χ0n) is 13.8. The summed E-state index contributed by atoms with van der Waals surface area (Å²) in [6.45, 7) is 5.56. The van der Waals surface area contributed by atoms with E-state index in [9.17, 15) is 4.39 Å². The lowest BCUT2D eigenvalue weighted by atomic mass is 10.1. The van der Waals surface area contributed by atoms with Crippen LogP contribution in [0.1, 0.15) is 23.1 Å². The third-order valence-corrected chi connectivity index (χ3v) is 4.52. The number of nitrogens with zero attached hydrogens (tertiary/aromatic N) is 3. The lowest BCUT2D eigenvalue weighted by Crippen LogP contribution is -2.30. The Labute approximate surface area is 142 Å². The third-order valence-electron chi connectivity index (χ3n) is 4.52. The molecule has 0 aromatic heterocycles. The quantitative estimate of drug-likeness (QED) is 0.864. The zero-order chi connectivity index (χ0) is 16.8. The van der Waals surface area contributed by atoms with Crippen molar-refractivity contribution in [3.05, 3.63) is 71.0 Å². The number of nitriles is 1. The molecule has 124 valence electrons. The van der Waals surface area contributed by atoms with E-state index in [0.717, 1.165) is 44.7 Å². The van der Waals surface area contributed by atoms with Gasteiger partial charge in [-0.3, -0.25) is 9.80 Å². The van der Waals surface area contributed by atoms with Crippen LogP contribution in [0.2, 0.25) is 0 Å². The van der Waals surface area contributed by atoms with Crippen LogP contribution in [-0.2, 0) is 13.1 Å². The van der Waals surface area contributed by atoms with Gasteiger partial charge in [0.05, 0.1) is 11.6 Å². The summed E-state index contributed by atoms with van der Waals surface area (Å²) in [4.78, 5) is 4.76. The fourth-order valence-corrected chi connectivity index (χ4v) is 3.15. The molecule has 3 nitrogen and oxygen atoms in total. The summed E-state index contributed by atoms with van der Waals surface area (Å²) in [5.74, 6) is -0.115. The standard InChI is InChI=1S/C20H22FN3/c21-20-5-2-1-4-19(20)16-24-11-3-10-23(12-13-24)15-18-8-6-17(14-22)7-9-18/h1-2,4-9H,3,10-13,15-16H2. The summed E-state index contributed by atoms with van der Waals surface area (Å²) in [6.07, 6.45) is 1.09. The molecule has 0 N–H and O–H groups in total. The molecule has 2 aromatic rings. The molecule has 24 heavy (non-hydrogen) atoms. The molecule has 1 saturated heterocycles. The maximum atomic E-state index is 13.8. The fraction of sp³-hybridized carbons (Fsp3) is 0.350. The van der Waals surface area contributed by atoms with Gasteiger partial charge >= 0.3 is 0 Å². The summed E-state index contributed by atoms with van der Waals surface area (Å²) >= 11 is 0. The van der Waals surface area contributed by atoms with Gasteiger partial charge in [0.2, 0.25) is 0 Å². The Balaban J connectivity index is 1.55. The molecular formula is C20H22FN3. The van der Waals surface area contributed by atoms with E-state index in [0.29, 0.717) is 12.1 Å². The minimum Gasteiger partial charge on any atom is -0.298 e. The number of hydrogen-bond donors (Lipinski definition) is 0. The van der Waals surface area contributed by atoms with Crippen molar-refractivity contribution >= 4 is 0 Å². The highest BCUT2D eigenvalue weighted by molar-refractivity contribution is 5.31. The van der Waals surface area contributed by atoms with E-state index in [-0.39, 0.29) is 5.82 Å². The Morgan fingerprint density at radius 3 is 2.21 bits per heavy atom. The number of benzene rings is 2. The maximum Gasteiger partial charge on any atom is 0.127 e. The average molecular weight is 323 g/mol. The topological polar surface area (TPSA) is 30.3 Å². The van der Waals surface area contributed by atoms with Gasteiger partial charge in [-0.05, 0) is 43.3 Å². The molecule has 0 bridgehead atoms. The highest BCUT2D eigenvalue weighted by Crippen LogP contribution is 2.14. The van der Waals surface area contributed by atoms with Crippen LogP contribution in [-0.4, -0.2) is 36.0 Å². The molecular weight excluding hydrogens is 301 g/mol. The van der Waals surface area contributed by atoms with Gasteiger partial charge < -0.3 is 0 Å². The SMILES string of the molecule is N#Cc1ccc(CN2CCCN(Cc3ccccc3F)CC2)cc1. The second-order valence-corrected chi connectivity index (χ2v) is 6.31. The van der Waals surface area contributed by atoms with E-state index in [1.54, 1.807) is 6.07 Å². The van der Waals surface area contributed by atoms with Crippen molar-refractivity contribution in [2.24, 2.45) is 0 Å². The van der Waals surface area contributed by atoms with Crippen LogP contribution in [0.3, 0.4) is 0 Å². The Morgan fingerprint density at radius 2 is 1.54 bits per heavy atom. The first kappa shape index (κ1) is 16.6. The van der Waals surface area contributed by atoms with Gasteiger partial charge in [-0.25, -0.2) is 4.39 Å². The lowest BCUT2D eigenvalue weighted by Gasteiger charge is -2.22. The largest absolute Gasteiger partial charge is 0.298 e. The Kier molecular flexibility index (Phi) is 5.58. The number of hydrogen-bond acceptors (Lipinski definition) is 3. The van der Waals surface area contributed by atoms with Crippen molar-refractivity contribution in [1.29, 1.82) is 5.26 Å². The van der Waals surface area contributed by atoms with E-state index in [4.69, 9.17) is 5.26 Å². The predicted octanol–water partition coefficient (Wildman–Crippen LogP) is 3.41. The summed E-state index contributed by atoms with van der Waals surface area (Å²) in [7, 11) is 0. The van der Waals surface area contributed by atoms with E-state index in [1.807, 2.05) is 36.4 Å². The predicted molar refractivity (Wildman–Crippen MR) is 92.7 cm³/mol. The second kappa shape index (κ2) is 8.05. The highest BCUT2D eigenvalue weighted by atomic mass is 19.1. The van der Waals surface area contributed by atoms with Crippen LogP contribution >= 0.6 is 0 Å². The van der Waals surface area contributed by atoms with Crippen LogP contribution < -0.4 is 0 Å². The molecule has 1 fully saturated rings. The number of rotatable bonds is 4. The van der Waals surface area contributed by atoms with E-state index >= 15 is 0 Å². The van der Waals surface area contributed by atoms with Gasteiger partial charge in [-0.1, -0.05) is 30.3 Å². The number of halogens is 1. The monoisotopic (exact) mass is 323 g/mol. The molecule has 3 rings (SSSR count). The van der Waals surface area contributed by atoms with Crippen molar-refractivity contribution in [3.63, 3.8) is 0 Å². The van der Waals surface area contributed by atoms with Crippen LogP contribution in [0.5, 0.6) is 0 Å². The first-order valence-corrected chi connectivity index (χ1v) is 8.42. The maximum absolute atomic E-state index is 13.8. The van der Waals surface area contributed by atoms with E-state index in [2.05, 4.69) is 15.9 Å². The second-order valence-electron chi connectivity index (χ2n) is 6.31. The Bertz CT molecular complexity index is 706. The molecule has 1 aliphatic rings. The molecule has 0 aliphatic carbocycles. The van der Waals surface area contributed by atoms with Crippen LogP contribution in [0.15, 0.2) is 48.5 Å². The first-order valence-electron chi connectivity index (χ1n) is 8.42. The Hall–Kier alpha value is -2.22. The zero-order valence-corrected chi connectivity index (χ0v) is 13.8. The van der Waals surface area contributed by atoms with Crippen LogP contribution in [0, 0.1) is 17.1 Å². The van der Waals surface area contributed by atoms with Crippen molar-refractivity contribution in [2.75, 3.05) is 26.2 Å². The third kappa shape index (κ3) is 4.41. The lowest BCUT2D eigenvalue weighted by molar-refractivity contribution is 0.245. The molecule has 1 aliphatic heterocycles. The van der Waals surface area contributed by atoms with Crippen LogP contribution in [0.25, 0.3) is 0 Å². The fourth-order valence-electron chi connectivity index (χ4n) is 3.15. The smallest absolute Gasteiger partial charge is 0.127 e. The van der Waals surface area contributed by atoms with Crippen molar-refractivity contribution in [3.8, 4) is 6.07 Å². The summed E-state index contributed by atoms with van der Waals surface area (Å²) in [6, 6.07) is 17.0. The molecule has 4 heteroatoms. The normalized spacial score (nSPS) is 16.5. The molecule has 0 spiro atoms. The molecule has 2 aromatic carbocycles. The summed E-state index contributed by atoms with van der Waals surface area (Å²) in [5.41, 5.74) is 2.71.